The molecule has 1 fully saturated rings. The maximum Gasteiger partial charge on any atom is 0.255 e. The highest BCUT2D eigenvalue weighted by Gasteiger charge is 2.18. The number of hydrogen-bond donors (Lipinski definition) is 1. The number of fused-ring (bicyclic) bond motifs is 1. The fourth-order valence-electron chi connectivity index (χ4n) is 4.85. The number of carbonyl (C=O) groups is 1. The van der Waals surface area contributed by atoms with Gasteiger partial charge in [-0.15, -0.1) is 0 Å². The van der Waals surface area contributed by atoms with Gasteiger partial charge in [0.15, 0.2) is 0 Å². The quantitative estimate of drug-likeness (QED) is 0.435. The van der Waals surface area contributed by atoms with E-state index in [-0.39, 0.29) is 5.91 Å². The standard InChI is InChI=1S/C29H33N5O/c1-22-8-6-7-11-25(22)29(35)30-24-12-13-27-26(20-24)31-28(32(27)2)14-15-33-16-18-34(19-17-33)21-23-9-4-3-5-10-23/h3-13,20H,14-19,21H2,1-2H3,(H,30,35). The van der Waals surface area contributed by atoms with Gasteiger partial charge in [-0.1, -0.05) is 48.5 Å². The Morgan fingerprint density at radius 3 is 2.40 bits per heavy atom. The molecular formula is C29H33N5O. The molecule has 0 aliphatic carbocycles. The molecule has 6 heteroatoms. The Bertz CT molecular complexity index is 1310. The highest BCUT2D eigenvalue weighted by atomic mass is 16.1. The van der Waals surface area contributed by atoms with Gasteiger partial charge < -0.3 is 14.8 Å². The number of nitrogens with zero attached hydrogens (tertiary/aromatic N) is 4. The molecule has 0 spiro atoms. The Labute approximate surface area is 207 Å². The molecule has 0 radical (unpaired) electrons. The molecule has 1 saturated heterocycles. The fourth-order valence-corrected chi connectivity index (χ4v) is 4.85. The molecular weight excluding hydrogens is 434 g/mol. The number of aryl methyl sites for hydroxylation is 2. The van der Waals surface area contributed by atoms with Crippen LogP contribution in [-0.2, 0) is 20.0 Å². The molecule has 180 valence electrons. The molecule has 0 bridgehead atoms. The summed E-state index contributed by atoms with van der Waals surface area (Å²) < 4.78 is 2.17. The van der Waals surface area contributed by atoms with E-state index in [1.54, 1.807) is 0 Å². The first-order valence-electron chi connectivity index (χ1n) is 12.4. The van der Waals surface area contributed by atoms with Crippen LogP contribution in [-0.4, -0.2) is 58.0 Å². The van der Waals surface area contributed by atoms with Gasteiger partial charge >= 0.3 is 0 Å². The summed E-state index contributed by atoms with van der Waals surface area (Å²) in [5.41, 5.74) is 5.81. The topological polar surface area (TPSA) is 53.4 Å². The fraction of sp³-hybridized carbons (Fsp3) is 0.310. The van der Waals surface area contributed by atoms with Crippen molar-refractivity contribution in [2.24, 2.45) is 7.05 Å². The van der Waals surface area contributed by atoms with Crippen LogP contribution in [0.3, 0.4) is 0 Å². The lowest BCUT2D eigenvalue weighted by Crippen LogP contribution is -2.46. The second kappa shape index (κ2) is 10.4. The molecule has 5 rings (SSSR count). The van der Waals surface area contributed by atoms with E-state index >= 15 is 0 Å². The van der Waals surface area contributed by atoms with Crippen molar-refractivity contribution in [1.82, 2.24) is 19.4 Å². The molecule has 1 aromatic heterocycles. The van der Waals surface area contributed by atoms with E-state index in [1.165, 1.54) is 5.56 Å². The Morgan fingerprint density at radius 1 is 0.914 bits per heavy atom. The zero-order valence-corrected chi connectivity index (χ0v) is 20.6. The van der Waals surface area contributed by atoms with Gasteiger partial charge in [0.2, 0.25) is 0 Å². The first-order valence-corrected chi connectivity index (χ1v) is 12.4. The van der Waals surface area contributed by atoms with Gasteiger partial charge in [0.25, 0.3) is 5.91 Å². The van der Waals surface area contributed by atoms with Gasteiger partial charge in [0, 0.05) is 64.0 Å². The van der Waals surface area contributed by atoms with Crippen molar-refractivity contribution >= 4 is 22.6 Å². The maximum absolute atomic E-state index is 12.7. The minimum Gasteiger partial charge on any atom is -0.331 e. The van der Waals surface area contributed by atoms with E-state index < -0.39 is 0 Å². The molecule has 1 amide bonds. The van der Waals surface area contributed by atoms with Crippen molar-refractivity contribution in [3.63, 3.8) is 0 Å². The van der Waals surface area contributed by atoms with E-state index in [9.17, 15) is 4.79 Å². The van der Waals surface area contributed by atoms with E-state index in [1.807, 2.05) is 49.4 Å². The van der Waals surface area contributed by atoms with Crippen LogP contribution in [0.15, 0.2) is 72.8 Å². The summed E-state index contributed by atoms with van der Waals surface area (Å²) in [4.78, 5) is 22.7. The molecule has 4 aromatic rings. The summed E-state index contributed by atoms with van der Waals surface area (Å²) in [5.74, 6) is 0.985. The molecule has 0 unspecified atom stereocenters. The second-order valence-corrected chi connectivity index (χ2v) is 9.41. The van der Waals surface area contributed by atoms with Crippen LogP contribution in [0.1, 0.15) is 27.3 Å². The number of piperazine rings is 1. The predicted molar refractivity (Wildman–Crippen MR) is 142 cm³/mol. The van der Waals surface area contributed by atoms with E-state index in [4.69, 9.17) is 4.98 Å². The van der Waals surface area contributed by atoms with Gasteiger partial charge in [-0.3, -0.25) is 9.69 Å². The van der Waals surface area contributed by atoms with Crippen LogP contribution in [0, 0.1) is 6.92 Å². The lowest BCUT2D eigenvalue weighted by atomic mass is 10.1. The summed E-state index contributed by atoms with van der Waals surface area (Å²) in [7, 11) is 2.08. The monoisotopic (exact) mass is 467 g/mol. The molecule has 35 heavy (non-hydrogen) atoms. The Balaban J connectivity index is 1.18. The molecule has 1 aliphatic rings. The summed E-state index contributed by atoms with van der Waals surface area (Å²) in [6, 6.07) is 24.3. The number of imidazole rings is 1. The third-order valence-corrected chi connectivity index (χ3v) is 6.99. The van der Waals surface area contributed by atoms with Crippen molar-refractivity contribution < 1.29 is 4.79 Å². The van der Waals surface area contributed by atoms with Gasteiger partial charge in [0.1, 0.15) is 5.82 Å². The number of aromatic nitrogens is 2. The Hall–Kier alpha value is -3.48. The average molecular weight is 468 g/mol. The molecule has 3 aromatic carbocycles. The zero-order valence-electron chi connectivity index (χ0n) is 20.6. The van der Waals surface area contributed by atoms with Crippen LogP contribution in [0.4, 0.5) is 5.69 Å². The molecule has 0 atom stereocenters. The third-order valence-electron chi connectivity index (χ3n) is 6.99. The lowest BCUT2D eigenvalue weighted by molar-refractivity contribution is 0.102. The SMILES string of the molecule is Cc1ccccc1C(=O)Nc1ccc2c(c1)nc(CCN1CCN(Cc3ccccc3)CC1)n2C. The van der Waals surface area contributed by atoms with Gasteiger partial charge in [-0.2, -0.15) is 0 Å². The summed E-state index contributed by atoms with van der Waals surface area (Å²) in [6.45, 7) is 8.36. The summed E-state index contributed by atoms with van der Waals surface area (Å²) in [5, 5.41) is 3.02. The highest BCUT2D eigenvalue weighted by molar-refractivity contribution is 6.05. The number of rotatable bonds is 7. The van der Waals surface area contributed by atoms with Gasteiger partial charge in [-0.25, -0.2) is 4.98 Å². The first-order chi connectivity index (χ1) is 17.1. The van der Waals surface area contributed by atoms with Crippen molar-refractivity contribution in [2.75, 3.05) is 38.0 Å². The molecule has 1 aliphatic heterocycles. The second-order valence-electron chi connectivity index (χ2n) is 9.41. The van der Waals surface area contributed by atoms with Gasteiger partial charge in [0.05, 0.1) is 11.0 Å². The van der Waals surface area contributed by atoms with Crippen LogP contribution in [0.5, 0.6) is 0 Å². The van der Waals surface area contributed by atoms with Crippen LogP contribution in [0.2, 0.25) is 0 Å². The largest absolute Gasteiger partial charge is 0.331 e. The minimum absolute atomic E-state index is 0.0926. The Kier molecular flexibility index (Phi) is 6.93. The molecule has 0 saturated carbocycles. The van der Waals surface area contributed by atoms with Crippen LogP contribution < -0.4 is 5.32 Å². The smallest absolute Gasteiger partial charge is 0.255 e. The molecule has 2 heterocycles. The van der Waals surface area contributed by atoms with Crippen molar-refractivity contribution in [3.8, 4) is 0 Å². The number of anilines is 1. The Morgan fingerprint density at radius 2 is 1.63 bits per heavy atom. The van der Waals surface area contributed by atoms with E-state index in [2.05, 4.69) is 57.1 Å². The first kappa shape index (κ1) is 23.3. The maximum atomic E-state index is 12.7. The molecule has 1 N–H and O–H groups in total. The number of amides is 1. The minimum atomic E-state index is -0.0926. The van der Waals surface area contributed by atoms with Gasteiger partial charge in [-0.05, 0) is 42.3 Å². The predicted octanol–water partition coefficient (Wildman–Crippen LogP) is 4.49. The van der Waals surface area contributed by atoms with Crippen molar-refractivity contribution in [1.29, 1.82) is 0 Å². The number of benzene rings is 3. The van der Waals surface area contributed by atoms with Crippen molar-refractivity contribution in [3.05, 3.63) is 95.3 Å². The number of carbonyl (C=O) groups excluding carboxylic acids is 1. The normalized spacial score (nSPS) is 14.9. The van der Waals surface area contributed by atoms with Crippen LogP contribution >= 0.6 is 0 Å². The highest BCUT2D eigenvalue weighted by Crippen LogP contribution is 2.21. The number of hydrogen-bond acceptors (Lipinski definition) is 4. The lowest BCUT2D eigenvalue weighted by Gasteiger charge is -2.34. The van der Waals surface area contributed by atoms with E-state index in [0.717, 1.165) is 73.8 Å². The summed E-state index contributed by atoms with van der Waals surface area (Å²) in [6.07, 6.45) is 0.911. The van der Waals surface area contributed by atoms with Crippen molar-refractivity contribution in [2.45, 2.75) is 19.9 Å². The number of nitrogens with one attached hydrogen (secondary N) is 1. The van der Waals surface area contributed by atoms with E-state index in [0.29, 0.717) is 5.56 Å². The summed E-state index contributed by atoms with van der Waals surface area (Å²) >= 11 is 0. The molecule has 6 nitrogen and oxygen atoms in total. The average Bonchev–Trinajstić information content (AvgIpc) is 3.19. The van der Waals surface area contributed by atoms with Crippen LogP contribution in [0.25, 0.3) is 11.0 Å². The third kappa shape index (κ3) is 5.45. The zero-order chi connectivity index (χ0) is 24.2.